The molecule has 0 saturated heterocycles. The zero-order valence-corrected chi connectivity index (χ0v) is 7.69. The van der Waals surface area contributed by atoms with E-state index in [0.717, 1.165) is 11.1 Å². The van der Waals surface area contributed by atoms with Gasteiger partial charge in [-0.3, -0.25) is 9.59 Å². The van der Waals surface area contributed by atoms with Crippen LogP contribution in [0.2, 0.25) is 0 Å². The number of primary amides is 2. The second-order valence-corrected chi connectivity index (χ2v) is 3.11. The molecule has 0 radical (unpaired) electrons. The van der Waals surface area contributed by atoms with E-state index in [9.17, 15) is 9.59 Å². The lowest BCUT2D eigenvalue weighted by Crippen LogP contribution is -2.15. The number of amides is 2. The fourth-order valence-corrected chi connectivity index (χ4v) is 1.25. The molecule has 1 aromatic rings. The van der Waals surface area contributed by atoms with E-state index >= 15 is 0 Å². The van der Waals surface area contributed by atoms with E-state index in [-0.39, 0.29) is 24.7 Å². The lowest BCUT2D eigenvalue weighted by Gasteiger charge is -2.01. The summed E-state index contributed by atoms with van der Waals surface area (Å²) in [6.07, 6.45) is 0.374. The number of hydrogen-bond acceptors (Lipinski definition) is 2. The maximum Gasteiger partial charge on any atom is 0.221 e. The monoisotopic (exact) mass is 192 g/mol. The van der Waals surface area contributed by atoms with E-state index in [2.05, 4.69) is 0 Å². The van der Waals surface area contributed by atoms with Crippen LogP contribution in [0.3, 0.4) is 0 Å². The van der Waals surface area contributed by atoms with Gasteiger partial charge in [0.2, 0.25) is 11.8 Å². The molecule has 0 bridgehead atoms. The van der Waals surface area contributed by atoms with E-state index in [4.69, 9.17) is 11.5 Å². The Morgan fingerprint density at radius 3 is 1.79 bits per heavy atom. The van der Waals surface area contributed by atoms with Crippen molar-refractivity contribution < 1.29 is 9.59 Å². The summed E-state index contributed by atoms with van der Waals surface area (Å²) in [4.78, 5) is 21.3. The first-order valence-corrected chi connectivity index (χ1v) is 4.22. The van der Waals surface area contributed by atoms with Crippen LogP contribution in [-0.4, -0.2) is 11.8 Å². The Morgan fingerprint density at radius 1 is 1.00 bits per heavy atom. The molecule has 4 N–H and O–H groups in total. The van der Waals surface area contributed by atoms with Gasteiger partial charge in [-0.1, -0.05) is 24.3 Å². The molecule has 4 heteroatoms. The van der Waals surface area contributed by atoms with Crippen molar-refractivity contribution >= 4 is 11.8 Å². The van der Waals surface area contributed by atoms with Crippen LogP contribution in [-0.2, 0) is 22.4 Å². The van der Waals surface area contributed by atoms with E-state index in [1.165, 1.54) is 0 Å². The van der Waals surface area contributed by atoms with Crippen molar-refractivity contribution in [1.29, 1.82) is 0 Å². The average molecular weight is 192 g/mol. The highest BCUT2D eigenvalue weighted by atomic mass is 16.1. The molecular weight excluding hydrogens is 180 g/mol. The first-order chi connectivity index (χ1) is 6.58. The summed E-state index contributed by atoms with van der Waals surface area (Å²) < 4.78 is 0. The van der Waals surface area contributed by atoms with Crippen LogP contribution in [0.5, 0.6) is 0 Å². The van der Waals surface area contributed by atoms with Gasteiger partial charge in [0.1, 0.15) is 0 Å². The third-order valence-electron chi connectivity index (χ3n) is 1.75. The molecule has 0 fully saturated rings. The Kier molecular flexibility index (Phi) is 3.23. The standard InChI is InChI=1S/C10H12N2O2/c11-9(13)5-7-2-1-3-8(4-7)6-10(12)14/h1-4H,5-6H2,(H2,11,13)(H2,12,14). The zero-order valence-electron chi connectivity index (χ0n) is 7.69. The summed E-state index contributed by atoms with van der Waals surface area (Å²) in [5, 5.41) is 0. The lowest BCUT2D eigenvalue weighted by molar-refractivity contribution is -0.118. The molecule has 14 heavy (non-hydrogen) atoms. The summed E-state index contributed by atoms with van der Waals surface area (Å²) in [7, 11) is 0. The maximum atomic E-state index is 10.6. The fourth-order valence-electron chi connectivity index (χ4n) is 1.25. The van der Waals surface area contributed by atoms with Gasteiger partial charge in [-0.25, -0.2) is 0 Å². The number of rotatable bonds is 4. The van der Waals surface area contributed by atoms with Gasteiger partial charge in [0.25, 0.3) is 0 Å². The van der Waals surface area contributed by atoms with Crippen LogP contribution >= 0.6 is 0 Å². The molecule has 0 aliphatic rings. The maximum absolute atomic E-state index is 10.6. The number of benzene rings is 1. The number of carbonyl (C=O) groups excluding carboxylic acids is 2. The molecule has 4 nitrogen and oxygen atoms in total. The molecule has 74 valence electrons. The van der Waals surface area contributed by atoms with E-state index in [0.29, 0.717) is 0 Å². The SMILES string of the molecule is NC(=O)Cc1cccc(CC(N)=O)c1. The number of carbonyl (C=O) groups is 2. The first kappa shape index (κ1) is 10.2. The van der Waals surface area contributed by atoms with Crippen LogP contribution in [0.15, 0.2) is 24.3 Å². The van der Waals surface area contributed by atoms with Crippen molar-refractivity contribution in [3.63, 3.8) is 0 Å². The first-order valence-electron chi connectivity index (χ1n) is 4.22. The predicted molar refractivity (Wildman–Crippen MR) is 52.2 cm³/mol. The Balaban J connectivity index is 2.78. The second kappa shape index (κ2) is 4.41. The molecule has 0 aliphatic carbocycles. The molecule has 0 atom stereocenters. The van der Waals surface area contributed by atoms with Crippen LogP contribution < -0.4 is 11.5 Å². The highest BCUT2D eigenvalue weighted by Crippen LogP contribution is 2.06. The topological polar surface area (TPSA) is 86.2 Å². The van der Waals surface area contributed by atoms with Gasteiger partial charge in [0.05, 0.1) is 12.8 Å². The Hall–Kier alpha value is -1.84. The molecular formula is C10H12N2O2. The van der Waals surface area contributed by atoms with Gasteiger partial charge in [-0.05, 0) is 11.1 Å². The summed E-state index contributed by atoms with van der Waals surface area (Å²) >= 11 is 0. The van der Waals surface area contributed by atoms with Crippen LogP contribution in [0, 0.1) is 0 Å². The second-order valence-electron chi connectivity index (χ2n) is 3.11. The third-order valence-corrected chi connectivity index (χ3v) is 1.75. The zero-order chi connectivity index (χ0) is 10.6. The summed E-state index contributed by atoms with van der Waals surface area (Å²) in [6.45, 7) is 0. The smallest absolute Gasteiger partial charge is 0.221 e. The van der Waals surface area contributed by atoms with Gasteiger partial charge in [-0.2, -0.15) is 0 Å². The van der Waals surface area contributed by atoms with Crippen molar-refractivity contribution in [3.05, 3.63) is 35.4 Å². The Bertz CT molecular complexity index is 330. The van der Waals surface area contributed by atoms with Gasteiger partial charge in [-0.15, -0.1) is 0 Å². The molecule has 2 amide bonds. The van der Waals surface area contributed by atoms with E-state index in [1.807, 2.05) is 0 Å². The highest BCUT2D eigenvalue weighted by Gasteiger charge is 2.01. The van der Waals surface area contributed by atoms with Crippen LogP contribution in [0.4, 0.5) is 0 Å². The molecule has 1 rings (SSSR count). The minimum atomic E-state index is -0.388. The van der Waals surface area contributed by atoms with Crippen molar-refractivity contribution in [2.75, 3.05) is 0 Å². The average Bonchev–Trinajstić information content (AvgIpc) is 2.01. The van der Waals surface area contributed by atoms with Crippen molar-refractivity contribution in [1.82, 2.24) is 0 Å². The van der Waals surface area contributed by atoms with Gasteiger partial charge in [0.15, 0.2) is 0 Å². The van der Waals surface area contributed by atoms with Crippen molar-refractivity contribution in [2.45, 2.75) is 12.8 Å². The third kappa shape index (κ3) is 3.26. The van der Waals surface area contributed by atoms with Crippen LogP contribution in [0.1, 0.15) is 11.1 Å². The summed E-state index contributed by atoms with van der Waals surface area (Å²) in [5.41, 5.74) is 11.7. The molecule has 0 aromatic heterocycles. The van der Waals surface area contributed by atoms with Crippen LogP contribution in [0.25, 0.3) is 0 Å². The minimum absolute atomic E-state index is 0.187. The lowest BCUT2D eigenvalue weighted by atomic mass is 10.1. The van der Waals surface area contributed by atoms with Gasteiger partial charge in [0, 0.05) is 0 Å². The van der Waals surface area contributed by atoms with E-state index in [1.54, 1.807) is 24.3 Å². The van der Waals surface area contributed by atoms with Crippen molar-refractivity contribution in [3.8, 4) is 0 Å². The van der Waals surface area contributed by atoms with Gasteiger partial charge < -0.3 is 11.5 Å². The summed E-state index contributed by atoms with van der Waals surface area (Å²) in [6, 6.07) is 7.11. The molecule has 0 spiro atoms. The normalized spacial score (nSPS) is 9.71. The number of nitrogens with two attached hydrogens (primary N) is 2. The van der Waals surface area contributed by atoms with Gasteiger partial charge >= 0.3 is 0 Å². The molecule has 0 unspecified atom stereocenters. The summed E-state index contributed by atoms with van der Waals surface area (Å²) in [5.74, 6) is -0.776. The molecule has 1 aromatic carbocycles. The fraction of sp³-hybridized carbons (Fsp3) is 0.200. The van der Waals surface area contributed by atoms with E-state index < -0.39 is 0 Å². The predicted octanol–water partition coefficient (Wildman–Crippen LogP) is -0.258. The molecule has 0 aliphatic heterocycles. The molecule has 0 heterocycles. The highest BCUT2D eigenvalue weighted by molar-refractivity contribution is 5.78. The Labute approximate surface area is 81.9 Å². The molecule has 0 saturated carbocycles. The van der Waals surface area contributed by atoms with Crippen molar-refractivity contribution in [2.24, 2.45) is 11.5 Å². The number of hydrogen-bond donors (Lipinski definition) is 2. The minimum Gasteiger partial charge on any atom is -0.369 e. The quantitative estimate of drug-likeness (QED) is 0.688. The largest absolute Gasteiger partial charge is 0.369 e. The Morgan fingerprint density at radius 2 is 1.43 bits per heavy atom.